The lowest BCUT2D eigenvalue weighted by Gasteiger charge is -2.21. The van der Waals surface area contributed by atoms with Gasteiger partial charge in [0.15, 0.2) is 0 Å². The van der Waals surface area contributed by atoms with Crippen molar-refractivity contribution >= 4 is 5.97 Å². The second kappa shape index (κ2) is 5.55. The number of aliphatic hydroxyl groups is 1. The fourth-order valence-corrected chi connectivity index (χ4v) is 1.28. The molecule has 1 N–H and O–H groups in total. The molecule has 0 fully saturated rings. The lowest BCUT2D eigenvalue weighted by Crippen LogP contribution is -2.24. The predicted molar refractivity (Wildman–Crippen MR) is 57.5 cm³/mol. The zero-order valence-electron chi connectivity index (χ0n) is 9.51. The van der Waals surface area contributed by atoms with Crippen molar-refractivity contribution in [3.8, 4) is 0 Å². The van der Waals surface area contributed by atoms with Gasteiger partial charge in [-0.1, -0.05) is 0 Å². The molecule has 0 saturated heterocycles. The van der Waals surface area contributed by atoms with Crippen molar-refractivity contribution in [2.75, 3.05) is 6.61 Å². The molecule has 0 aliphatic carbocycles. The summed E-state index contributed by atoms with van der Waals surface area (Å²) in [5, 5.41) is 10.1. The number of hydrogen-bond acceptors (Lipinski definition) is 5. The van der Waals surface area contributed by atoms with Crippen LogP contribution in [-0.4, -0.2) is 27.7 Å². The van der Waals surface area contributed by atoms with Gasteiger partial charge in [-0.05, 0) is 20.3 Å². The molecule has 0 aliphatic rings. The summed E-state index contributed by atoms with van der Waals surface area (Å²) < 4.78 is 4.79. The highest BCUT2D eigenvalue weighted by atomic mass is 16.5. The van der Waals surface area contributed by atoms with Gasteiger partial charge in [-0.15, -0.1) is 0 Å². The quantitative estimate of drug-likeness (QED) is 0.756. The first-order valence-corrected chi connectivity index (χ1v) is 5.20. The summed E-state index contributed by atoms with van der Waals surface area (Å²) in [6.45, 7) is 3.71. The number of hydrogen-bond donors (Lipinski definition) is 1. The van der Waals surface area contributed by atoms with Crippen LogP contribution in [0.15, 0.2) is 18.6 Å². The molecule has 5 nitrogen and oxygen atoms in total. The van der Waals surface area contributed by atoms with Crippen molar-refractivity contribution in [3.63, 3.8) is 0 Å². The number of esters is 1. The van der Waals surface area contributed by atoms with Crippen LogP contribution < -0.4 is 0 Å². The van der Waals surface area contributed by atoms with E-state index in [-0.39, 0.29) is 18.8 Å². The zero-order chi connectivity index (χ0) is 12.0. The molecule has 0 bridgehead atoms. The van der Waals surface area contributed by atoms with Crippen molar-refractivity contribution in [2.45, 2.75) is 32.3 Å². The van der Waals surface area contributed by atoms with E-state index >= 15 is 0 Å². The van der Waals surface area contributed by atoms with Gasteiger partial charge < -0.3 is 9.84 Å². The first-order valence-electron chi connectivity index (χ1n) is 5.20. The van der Waals surface area contributed by atoms with Gasteiger partial charge in [0.05, 0.1) is 18.5 Å². The van der Waals surface area contributed by atoms with Gasteiger partial charge >= 0.3 is 5.97 Å². The number of nitrogens with zero attached hydrogens (tertiary/aromatic N) is 2. The number of carbonyl (C=O) groups excluding carboxylic acids is 1. The molecular formula is C11H16N2O3. The largest absolute Gasteiger partial charge is 0.466 e. The minimum atomic E-state index is -1.15. The molecule has 16 heavy (non-hydrogen) atoms. The summed E-state index contributed by atoms with van der Waals surface area (Å²) in [4.78, 5) is 19.0. The van der Waals surface area contributed by atoms with Crippen molar-refractivity contribution in [1.82, 2.24) is 9.97 Å². The van der Waals surface area contributed by atoms with Gasteiger partial charge in [0.2, 0.25) is 0 Å². The summed E-state index contributed by atoms with van der Waals surface area (Å²) in [6.07, 6.45) is 4.96. The molecule has 0 spiro atoms. The molecule has 0 saturated carbocycles. The molecule has 1 aromatic rings. The van der Waals surface area contributed by atoms with E-state index in [1.807, 2.05) is 0 Å². The highest BCUT2D eigenvalue weighted by Crippen LogP contribution is 2.23. The normalized spacial score (nSPS) is 14.2. The Morgan fingerprint density at radius 1 is 1.56 bits per heavy atom. The Morgan fingerprint density at radius 2 is 2.31 bits per heavy atom. The zero-order valence-corrected chi connectivity index (χ0v) is 9.51. The number of ether oxygens (including phenoxy) is 1. The van der Waals surface area contributed by atoms with Crippen molar-refractivity contribution in [2.24, 2.45) is 0 Å². The summed E-state index contributed by atoms with van der Waals surface area (Å²) in [5.74, 6) is -0.313. The maximum atomic E-state index is 11.2. The summed E-state index contributed by atoms with van der Waals surface area (Å²) in [6, 6.07) is 0. The molecule has 0 amide bonds. The summed E-state index contributed by atoms with van der Waals surface area (Å²) >= 11 is 0. The molecule has 0 radical (unpaired) electrons. The van der Waals surface area contributed by atoms with E-state index in [0.29, 0.717) is 12.3 Å². The van der Waals surface area contributed by atoms with E-state index in [4.69, 9.17) is 4.74 Å². The van der Waals surface area contributed by atoms with E-state index in [0.717, 1.165) is 0 Å². The van der Waals surface area contributed by atoms with Crippen molar-refractivity contribution in [1.29, 1.82) is 0 Å². The highest BCUT2D eigenvalue weighted by molar-refractivity contribution is 5.69. The maximum Gasteiger partial charge on any atom is 0.305 e. The van der Waals surface area contributed by atoms with E-state index < -0.39 is 5.60 Å². The van der Waals surface area contributed by atoms with E-state index in [2.05, 4.69) is 9.97 Å². The number of carbonyl (C=O) groups is 1. The molecule has 1 rings (SSSR count). The number of aromatic nitrogens is 2. The van der Waals surface area contributed by atoms with Crippen molar-refractivity contribution < 1.29 is 14.6 Å². The first kappa shape index (κ1) is 12.6. The summed E-state index contributed by atoms with van der Waals surface area (Å²) in [5.41, 5.74) is -0.694. The lowest BCUT2D eigenvalue weighted by molar-refractivity contribution is -0.144. The molecular weight excluding hydrogens is 208 g/mol. The molecule has 1 atom stereocenters. The Kier molecular flexibility index (Phi) is 4.37. The fraction of sp³-hybridized carbons (Fsp3) is 0.545. The maximum absolute atomic E-state index is 11.2. The molecule has 88 valence electrons. The van der Waals surface area contributed by atoms with Crippen LogP contribution in [0, 0.1) is 0 Å². The van der Waals surface area contributed by atoms with Crippen LogP contribution in [0.5, 0.6) is 0 Å². The van der Waals surface area contributed by atoms with Crippen LogP contribution >= 0.6 is 0 Å². The monoisotopic (exact) mass is 224 g/mol. The molecule has 0 aliphatic heterocycles. The van der Waals surface area contributed by atoms with Crippen LogP contribution in [0.4, 0.5) is 0 Å². The van der Waals surface area contributed by atoms with Crippen LogP contribution in [0.2, 0.25) is 0 Å². The molecule has 1 unspecified atom stereocenters. The summed E-state index contributed by atoms with van der Waals surface area (Å²) in [7, 11) is 0. The van der Waals surface area contributed by atoms with Crippen LogP contribution in [0.25, 0.3) is 0 Å². The third-order valence-electron chi connectivity index (χ3n) is 2.24. The van der Waals surface area contributed by atoms with Gasteiger partial charge in [0.25, 0.3) is 0 Å². The first-order chi connectivity index (χ1) is 7.56. The predicted octanol–water partition coefficient (Wildman–Crippen LogP) is 1.03. The smallest absolute Gasteiger partial charge is 0.305 e. The Balaban J connectivity index is 2.55. The van der Waals surface area contributed by atoms with Crippen LogP contribution in [0.3, 0.4) is 0 Å². The Hall–Kier alpha value is -1.49. The Labute approximate surface area is 94.5 Å². The molecule has 5 heteroatoms. The minimum Gasteiger partial charge on any atom is -0.466 e. The fourth-order valence-electron chi connectivity index (χ4n) is 1.28. The van der Waals surface area contributed by atoms with Gasteiger partial charge in [-0.25, -0.2) is 0 Å². The second-order valence-electron chi connectivity index (χ2n) is 3.67. The molecule has 1 aromatic heterocycles. The van der Waals surface area contributed by atoms with Crippen LogP contribution in [0.1, 0.15) is 32.4 Å². The molecule has 0 aromatic carbocycles. The van der Waals surface area contributed by atoms with Gasteiger partial charge in [0.1, 0.15) is 5.60 Å². The van der Waals surface area contributed by atoms with Gasteiger partial charge in [-0.2, -0.15) is 0 Å². The second-order valence-corrected chi connectivity index (χ2v) is 3.67. The number of rotatable bonds is 5. The van der Waals surface area contributed by atoms with Crippen LogP contribution in [-0.2, 0) is 15.1 Å². The standard InChI is InChI=1S/C11H16N2O3/c1-3-16-10(14)4-5-11(2,15)9-8-12-6-7-13-9/h6-8,15H,3-5H2,1-2H3. The van der Waals surface area contributed by atoms with E-state index in [1.54, 1.807) is 13.8 Å². The highest BCUT2D eigenvalue weighted by Gasteiger charge is 2.25. The third-order valence-corrected chi connectivity index (χ3v) is 2.24. The minimum absolute atomic E-state index is 0.164. The van der Waals surface area contributed by atoms with Gasteiger partial charge in [-0.3, -0.25) is 14.8 Å². The third kappa shape index (κ3) is 3.58. The van der Waals surface area contributed by atoms with E-state index in [9.17, 15) is 9.90 Å². The lowest BCUT2D eigenvalue weighted by atomic mass is 9.96. The Bertz CT molecular complexity index is 338. The SMILES string of the molecule is CCOC(=O)CCC(C)(O)c1cnccn1. The van der Waals surface area contributed by atoms with Crippen molar-refractivity contribution in [3.05, 3.63) is 24.3 Å². The molecule has 1 heterocycles. The Morgan fingerprint density at radius 3 is 2.88 bits per heavy atom. The van der Waals surface area contributed by atoms with Gasteiger partial charge in [0, 0.05) is 18.8 Å². The topological polar surface area (TPSA) is 72.3 Å². The van der Waals surface area contributed by atoms with E-state index in [1.165, 1.54) is 18.6 Å². The average molecular weight is 224 g/mol. The average Bonchev–Trinajstić information content (AvgIpc) is 2.28.